The van der Waals surface area contributed by atoms with E-state index in [9.17, 15) is 12.8 Å². The molecule has 0 bridgehead atoms. The number of hydrogen-bond acceptors (Lipinski definition) is 3. The van der Waals surface area contributed by atoms with Gasteiger partial charge in [-0.3, -0.25) is 0 Å². The number of sulfonamides is 1. The Labute approximate surface area is 94.9 Å². The maximum absolute atomic E-state index is 13.3. The van der Waals surface area contributed by atoms with Gasteiger partial charge in [-0.2, -0.15) is 0 Å². The summed E-state index contributed by atoms with van der Waals surface area (Å²) in [4.78, 5) is 0.0843. The first kappa shape index (κ1) is 13.1. The lowest BCUT2D eigenvalue weighted by Gasteiger charge is -2.07. The lowest BCUT2D eigenvalue weighted by Crippen LogP contribution is -2.23. The molecule has 0 unspecified atom stereocenters. The summed E-state index contributed by atoms with van der Waals surface area (Å²) in [6.45, 7) is 2.29. The van der Waals surface area contributed by atoms with Gasteiger partial charge in [0.25, 0.3) is 0 Å². The minimum absolute atomic E-state index is 0.0843. The van der Waals surface area contributed by atoms with E-state index in [-0.39, 0.29) is 4.90 Å². The van der Waals surface area contributed by atoms with Crippen LogP contribution in [0.5, 0.6) is 0 Å². The van der Waals surface area contributed by atoms with Crippen molar-refractivity contribution in [3.8, 4) is 0 Å². The predicted molar refractivity (Wildman–Crippen MR) is 60.0 cm³/mol. The molecule has 1 rings (SSSR count). The summed E-state index contributed by atoms with van der Waals surface area (Å²) in [7, 11) is -1.84. The Kier molecular flexibility index (Phi) is 4.40. The molecule has 0 saturated carbocycles. The summed E-state index contributed by atoms with van der Waals surface area (Å²) in [6.07, 6.45) is 0. The minimum Gasteiger partial charge on any atom is -0.316 e. The van der Waals surface area contributed by atoms with Gasteiger partial charge in [0.05, 0.1) is 4.90 Å². The molecule has 0 aliphatic carbocycles. The summed E-state index contributed by atoms with van der Waals surface area (Å²) in [5.74, 6) is -0.412. The van der Waals surface area contributed by atoms with E-state index >= 15 is 0 Å². The Morgan fingerprint density at radius 3 is 2.62 bits per heavy atom. The number of halogens is 1. The zero-order valence-electron chi connectivity index (χ0n) is 9.25. The first-order chi connectivity index (χ1) is 7.51. The summed E-state index contributed by atoms with van der Waals surface area (Å²) in [5, 5.41) is 2.78. The minimum atomic E-state index is -3.51. The largest absolute Gasteiger partial charge is 0.316 e. The van der Waals surface area contributed by atoms with E-state index in [1.807, 2.05) is 0 Å². The van der Waals surface area contributed by atoms with Crippen LogP contribution >= 0.6 is 0 Å². The second-order valence-electron chi connectivity index (χ2n) is 3.28. The normalized spacial score (nSPS) is 11.7. The van der Waals surface area contributed by atoms with E-state index < -0.39 is 15.8 Å². The van der Waals surface area contributed by atoms with Crippen LogP contribution in [0.1, 0.15) is 12.5 Å². The fourth-order valence-electron chi connectivity index (χ4n) is 1.32. The fourth-order valence-corrected chi connectivity index (χ4v) is 2.41. The molecule has 90 valence electrons. The van der Waals surface area contributed by atoms with Gasteiger partial charge in [-0.25, -0.2) is 17.5 Å². The first-order valence-corrected chi connectivity index (χ1v) is 6.42. The standard InChI is InChI=1S/C10H15FN2O2S/c1-3-13-16(14,15)9-4-5-10(11)8(6-9)7-12-2/h4-6,12-13H,3,7H2,1-2H3. The molecule has 4 nitrogen and oxygen atoms in total. The molecule has 6 heteroatoms. The molecule has 0 atom stereocenters. The maximum Gasteiger partial charge on any atom is 0.240 e. The third kappa shape index (κ3) is 3.01. The van der Waals surface area contributed by atoms with E-state index in [1.165, 1.54) is 12.1 Å². The Hall–Kier alpha value is -0.980. The van der Waals surface area contributed by atoms with E-state index in [2.05, 4.69) is 10.0 Å². The summed E-state index contributed by atoms with van der Waals surface area (Å²) in [5.41, 5.74) is 0.335. The van der Waals surface area contributed by atoms with Gasteiger partial charge < -0.3 is 5.32 Å². The van der Waals surface area contributed by atoms with Crippen molar-refractivity contribution < 1.29 is 12.8 Å². The molecule has 0 amide bonds. The number of rotatable bonds is 5. The Balaban J connectivity index is 3.12. The molecule has 0 aromatic heterocycles. The summed E-state index contributed by atoms with van der Waals surface area (Å²) >= 11 is 0. The Morgan fingerprint density at radius 2 is 2.06 bits per heavy atom. The van der Waals surface area contributed by atoms with Gasteiger partial charge in [0, 0.05) is 18.7 Å². The average molecular weight is 246 g/mol. The summed E-state index contributed by atoms with van der Waals surface area (Å²) in [6, 6.07) is 3.76. The molecule has 2 N–H and O–H groups in total. The van der Waals surface area contributed by atoms with Crippen LogP contribution in [0.3, 0.4) is 0 Å². The van der Waals surface area contributed by atoms with Crippen LogP contribution < -0.4 is 10.0 Å². The molecule has 0 spiro atoms. The van der Waals surface area contributed by atoms with Gasteiger partial charge in [0.1, 0.15) is 5.82 Å². The molecule has 0 aliphatic heterocycles. The molecule has 0 radical (unpaired) electrons. The highest BCUT2D eigenvalue weighted by atomic mass is 32.2. The second kappa shape index (κ2) is 5.38. The zero-order valence-corrected chi connectivity index (χ0v) is 10.1. The highest BCUT2D eigenvalue weighted by Gasteiger charge is 2.14. The zero-order chi connectivity index (χ0) is 12.2. The van der Waals surface area contributed by atoms with Crippen LogP contribution in [0.2, 0.25) is 0 Å². The van der Waals surface area contributed by atoms with E-state index in [0.717, 1.165) is 6.07 Å². The van der Waals surface area contributed by atoms with Gasteiger partial charge in [-0.05, 0) is 25.2 Å². The van der Waals surface area contributed by atoms with E-state index in [1.54, 1.807) is 14.0 Å². The van der Waals surface area contributed by atoms with Gasteiger partial charge in [-0.15, -0.1) is 0 Å². The van der Waals surface area contributed by atoms with E-state index in [4.69, 9.17) is 0 Å². The van der Waals surface area contributed by atoms with Crippen LogP contribution in [-0.4, -0.2) is 22.0 Å². The van der Waals surface area contributed by atoms with Crippen molar-refractivity contribution in [2.24, 2.45) is 0 Å². The van der Waals surface area contributed by atoms with Crippen molar-refractivity contribution in [2.75, 3.05) is 13.6 Å². The molecule has 0 fully saturated rings. The lowest BCUT2D eigenvalue weighted by molar-refractivity contribution is 0.580. The highest BCUT2D eigenvalue weighted by molar-refractivity contribution is 7.89. The highest BCUT2D eigenvalue weighted by Crippen LogP contribution is 2.14. The molecule has 0 aliphatic rings. The second-order valence-corrected chi connectivity index (χ2v) is 5.05. The third-order valence-electron chi connectivity index (χ3n) is 2.03. The Morgan fingerprint density at radius 1 is 1.38 bits per heavy atom. The predicted octanol–water partition coefficient (Wildman–Crippen LogP) is 0.843. The van der Waals surface area contributed by atoms with Crippen molar-refractivity contribution in [3.05, 3.63) is 29.6 Å². The van der Waals surface area contributed by atoms with Crippen molar-refractivity contribution in [3.63, 3.8) is 0 Å². The molecule has 1 aromatic carbocycles. The SMILES string of the molecule is CCNS(=O)(=O)c1ccc(F)c(CNC)c1. The van der Waals surface area contributed by atoms with Crippen LogP contribution in [-0.2, 0) is 16.6 Å². The molecule has 0 saturated heterocycles. The van der Waals surface area contributed by atoms with Crippen LogP contribution in [0.4, 0.5) is 4.39 Å². The van der Waals surface area contributed by atoms with Crippen molar-refractivity contribution in [1.29, 1.82) is 0 Å². The third-order valence-corrected chi connectivity index (χ3v) is 3.57. The Bertz CT molecular complexity index is 460. The van der Waals surface area contributed by atoms with Gasteiger partial charge in [-0.1, -0.05) is 6.92 Å². The quantitative estimate of drug-likeness (QED) is 0.809. The molecular weight excluding hydrogens is 231 g/mol. The van der Waals surface area contributed by atoms with Crippen molar-refractivity contribution in [2.45, 2.75) is 18.4 Å². The van der Waals surface area contributed by atoms with Crippen LogP contribution in [0.25, 0.3) is 0 Å². The van der Waals surface area contributed by atoms with Gasteiger partial charge in [0.15, 0.2) is 0 Å². The first-order valence-electron chi connectivity index (χ1n) is 4.94. The maximum atomic E-state index is 13.3. The molecule has 1 aromatic rings. The van der Waals surface area contributed by atoms with Gasteiger partial charge >= 0.3 is 0 Å². The smallest absolute Gasteiger partial charge is 0.240 e. The number of benzene rings is 1. The molecular formula is C10H15FN2O2S. The lowest BCUT2D eigenvalue weighted by atomic mass is 10.2. The number of nitrogens with one attached hydrogen (secondary N) is 2. The monoisotopic (exact) mass is 246 g/mol. The van der Waals surface area contributed by atoms with E-state index in [0.29, 0.717) is 18.7 Å². The summed E-state index contributed by atoms with van der Waals surface area (Å²) < 4.78 is 38.9. The average Bonchev–Trinajstić information content (AvgIpc) is 2.21. The van der Waals surface area contributed by atoms with Crippen molar-refractivity contribution in [1.82, 2.24) is 10.0 Å². The number of hydrogen-bond donors (Lipinski definition) is 2. The van der Waals surface area contributed by atoms with Crippen molar-refractivity contribution >= 4 is 10.0 Å². The van der Waals surface area contributed by atoms with Gasteiger partial charge in [0.2, 0.25) is 10.0 Å². The van der Waals surface area contributed by atoms with Crippen LogP contribution in [0.15, 0.2) is 23.1 Å². The van der Waals surface area contributed by atoms with Crippen LogP contribution in [0, 0.1) is 5.82 Å². The topological polar surface area (TPSA) is 58.2 Å². The molecule has 16 heavy (non-hydrogen) atoms. The fraction of sp³-hybridized carbons (Fsp3) is 0.400. The molecule has 0 heterocycles.